The molecule has 6 heteroatoms. The van der Waals surface area contributed by atoms with Crippen LogP contribution in [0.3, 0.4) is 0 Å². The second kappa shape index (κ2) is 12.5. The lowest BCUT2D eigenvalue weighted by Crippen LogP contribution is -2.51. The molecule has 0 spiro atoms. The van der Waals surface area contributed by atoms with E-state index in [1.165, 1.54) is 12.1 Å². The van der Waals surface area contributed by atoms with E-state index < -0.39 is 11.9 Å². The zero-order valence-electron chi connectivity index (χ0n) is 20.4. The topological polar surface area (TPSA) is 49.4 Å². The minimum absolute atomic E-state index is 0.134. The van der Waals surface area contributed by atoms with Crippen molar-refractivity contribution in [2.24, 2.45) is 5.92 Å². The number of rotatable bonds is 10. The van der Waals surface area contributed by atoms with E-state index in [1.54, 1.807) is 11.0 Å². The molecule has 1 atom stereocenters. The van der Waals surface area contributed by atoms with Gasteiger partial charge in [0.1, 0.15) is 11.9 Å². The standard InChI is InChI=1S/C29H32ClFN2O2/c1-20(2)18-32-29(35)27(16-22-11-5-4-6-12-22)33(19-23-13-8-7-10-21(23)3)28(34)17-24-25(30)14-9-15-26(24)31/h4-15,20,27H,16-19H2,1-3H3,(H,32,35)/t27-/m0/s1. The fourth-order valence-electron chi connectivity index (χ4n) is 3.90. The highest BCUT2D eigenvalue weighted by Gasteiger charge is 2.31. The molecule has 3 aromatic rings. The zero-order chi connectivity index (χ0) is 25.4. The summed E-state index contributed by atoms with van der Waals surface area (Å²) in [4.78, 5) is 28.7. The molecule has 3 rings (SSSR count). The molecule has 0 saturated carbocycles. The Labute approximate surface area is 212 Å². The molecule has 1 N–H and O–H groups in total. The summed E-state index contributed by atoms with van der Waals surface area (Å²) in [6.07, 6.45) is 0.105. The fraction of sp³-hybridized carbons (Fsp3) is 0.310. The lowest BCUT2D eigenvalue weighted by molar-refractivity contribution is -0.140. The first-order valence-electron chi connectivity index (χ1n) is 11.8. The molecule has 0 fully saturated rings. The largest absolute Gasteiger partial charge is 0.354 e. The van der Waals surface area contributed by atoms with E-state index in [0.29, 0.717) is 13.0 Å². The van der Waals surface area contributed by atoms with Crippen molar-refractivity contribution in [3.8, 4) is 0 Å². The molecule has 0 saturated heterocycles. The van der Waals surface area contributed by atoms with Crippen LogP contribution in [0, 0.1) is 18.7 Å². The van der Waals surface area contributed by atoms with Gasteiger partial charge in [-0.1, -0.05) is 86.1 Å². The molecule has 4 nitrogen and oxygen atoms in total. The van der Waals surface area contributed by atoms with Gasteiger partial charge in [0, 0.05) is 30.1 Å². The maximum atomic E-state index is 14.5. The second-order valence-corrected chi connectivity index (χ2v) is 9.58. The van der Waals surface area contributed by atoms with E-state index in [9.17, 15) is 14.0 Å². The van der Waals surface area contributed by atoms with Crippen molar-refractivity contribution in [2.75, 3.05) is 6.54 Å². The molecule has 0 aliphatic carbocycles. The number of carbonyl (C=O) groups is 2. The summed E-state index contributed by atoms with van der Waals surface area (Å²) in [6, 6.07) is 20.9. The summed E-state index contributed by atoms with van der Waals surface area (Å²) in [5.41, 5.74) is 3.00. The Morgan fingerprint density at radius 1 is 0.971 bits per heavy atom. The molecular formula is C29H32ClFN2O2. The van der Waals surface area contributed by atoms with E-state index in [4.69, 9.17) is 11.6 Å². The summed E-state index contributed by atoms with van der Waals surface area (Å²) in [5, 5.41) is 3.18. The number of hydrogen-bond acceptors (Lipinski definition) is 2. The van der Waals surface area contributed by atoms with E-state index in [0.717, 1.165) is 16.7 Å². The lowest BCUT2D eigenvalue weighted by atomic mass is 10.00. The maximum absolute atomic E-state index is 14.5. The van der Waals surface area contributed by atoms with Crippen molar-refractivity contribution < 1.29 is 14.0 Å². The number of aryl methyl sites for hydroxylation is 1. The van der Waals surface area contributed by atoms with Crippen LogP contribution in [-0.4, -0.2) is 29.3 Å². The van der Waals surface area contributed by atoms with Crippen molar-refractivity contribution in [2.45, 2.75) is 46.2 Å². The van der Waals surface area contributed by atoms with Crippen molar-refractivity contribution in [3.63, 3.8) is 0 Å². The summed E-state index contributed by atoms with van der Waals surface area (Å²) >= 11 is 6.23. The van der Waals surface area contributed by atoms with Crippen LogP contribution in [0.25, 0.3) is 0 Å². The fourth-order valence-corrected chi connectivity index (χ4v) is 4.13. The molecule has 0 aliphatic heterocycles. The Kier molecular flexibility index (Phi) is 9.44. The third kappa shape index (κ3) is 7.40. The van der Waals surface area contributed by atoms with Gasteiger partial charge in [0.2, 0.25) is 11.8 Å². The molecule has 0 unspecified atom stereocenters. The van der Waals surface area contributed by atoms with Gasteiger partial charge in [0.15, 0.2) is 0 Å². The first kappa shape index (κ1) is 26.4. The number of benzene rings is 3. The summed E-state index contributed by atoms with van der Waals surface area (Å²) < 4.78 is 14.5. The van der Waals surface area contributed by atoms with Crippen molar-refractivity contribution in [3.05, 3.63) is 106 Å². The third-order valence-electron chi connectivity index (χ3n) is 5.95. The maximum Gasteiger partial charge on any atom is 0.243 e. The van der Waals surface area contributed by atoms with Gasteiger partial charge < -0.3 is 10.2 Å². The molecule has 2 amide bonds. The quantitative estimate of drug-likeness (QED) is 0.390. The van der Waals surface area contributed by atoms with Crippen LogP contribution in [0.1, 0.15) is 36.1 Å². The number of carbonyl (C=O) groups excluding carboxylic acids is 2. The smallest absolute Gasteiger partial charge is 0.243 e. The van der Waals surface area contributed by atoms with Crippen LogP contribution >= 0.6 is 11.6 Å². The zero-order valence-corrected chi connectivity index (χ0v) is 21.2. The highest BCUT2D eigenvalue weighted by atomic mass is 35.5. The van der Waals surface area contributed by atoms with Crippen molar-refractivity contribution >= 4 is 23.4 Å². The van der Waals surface area contributed by atoms with Crippen LogP contribution in [0.15, 0.2) is 72.8 Å². The first-order chi connectivity index (χ1) is 16.8. The highest BCUT2D eigenvalue weighted by molar-refractivity contribution is 6.31. The summed E-state index contributed by atoms with van der Waals surface area (Å²) in [5.74, 6) is -0.871. The van der Waals surface area contributed by atoms with Gasteiger partial charge in [0.25, 0.3) is 0 Å². The van der Waals surface area contributed by atoms with Gasteiger partial charge in [-0.2, -0.15) is 0 Å². The van der Waals surface area contributed by atoms with Gasteiger partial charge in [-0.15, -0.1) is 0 Å². The SMILES string of the molecule is Cc1ccccc1CN(C(=O)Cc1c(F)cccc1Cl)[C@@H](Cc1ccccc1)C(=O)NCC(C)C. The van der Waals surface area contributed by atoms with E-state index in [1.807, 2.05) is 75.4 Å². The number of nitrogens with one attached hydrogen (secondary N) is 1. The number of amides is 2. The first-order valence-corrected chi connectivity index (χ1v) is 12.2. The predicted octanol–water partition coefficient (Wildman–Crippen LogP) is 5.74. The normalized spacial score (nSPS) is 11.8. The molecule has 0 radical (unpaired) electrons. The van der Waals surface area contributed by atoms with Gasteiger partial charge in [0.05, 0.1) is 6.42 Å². The minimum atomic E-state index is -0.770. The van der Waals surface area contributed by atoms with Gasteiger partial charge >= 0.3 is 0 Å². The van der Waals surface area contributed by atoms with Crippen LogP contribution in [-0.2, 0) is 29.0 Å². The van der Waals surface area contributed by atoms with E-state index >= 15 is 0 Å². The molecule has 35 heavy (non-hydrogen) atoms. The van der Waals surface area contributed by atoms with Gasteiger partial charge in [-0.25, -0.2) is 4.39 Å². The average Bonchev–Trinajstić information content (AvgIpc) is 2.83. The van der Waals surface area contributed by atoms with Gasteiger partial charge in [-0.3, -0.25) is 9.59 Å². The Hall–Kier alpha value is -3.18. The number of nitrogens with zero attached hydrogens (tertiary/aromatic N) is 1. The predicted molar refractivity (Wildman–Crippen MR) is 139 cm³/mol. The van der Waals surface area contributed by atoms with Crippen molar-refractivity contribution in [1.29, 1.82) is 0 Å². The van der Waals surface area contributed by atoms with E-state index in [2.05, 4.69) is 5.32 Å². The number of halogens is 2. The Balaban J connectivity index is 2.01. The minimum Gasteiger partial charge on any atom is -0.354 e. The molecule has 0 aliphatic rings. The third-order valence-corrected chi connectivity index (χ3v) is 6.30. The molecule has 0 bridgehead atoms. The monoisotopic (exact) mass is 494 g/mol. The molecule has 3 aromatic carbocycles. The highest BCUT2D eigenvalue weighted by Crippen LogP contribution is 2.23. The summed E-state index contributed by atoms with van der Waals surface area (Å²) in [7, 11) is 0. The number of hydrogen-bond donors (Lipinski definition) is 1. The molecule has 0 heterocycles. The van der Waals surface area contributed by atoms with E-state index in [-0.39, 0.29) is 41.3 Å². The molecular weight excluding hydrogens is 463 g/mol. The van der Waals surface area contributed by atoms with Crippen LogP contribution < -0.4 is 5.32 Å². The molecule has 0 aromatic heterocycles. The lowest BCUT2D eigenvalue weighted by Gasteiger charge is -2.32. The van der Waals surface area contributed by atoms with Crippen LogP contribution in [0.2, 0.25) is 5.02 Å². The average molecular weight is 495 g/mol. The van der Waals surface area contributed by atoms with Crippen molar-refractivity contribution in [1.82, 2.24) is 10.2 Å². The Morgan fingerprint density at radius 2 is 1.66 bits per heavy atom. The Bertz CT molecular complexity index is 1130. The van der Waals surface area contributed by atoms with Crippen LogP contribution in [0.5, 0.6) is 0 Å². The van der Waals surface area contributed by atoms with Gasteiger partial charge in [-0.05, 0) is 41.7 Å². The second-order valence-electron chi connectivity index (χ2n) is 9.17. The Morgan fingerprint density at radius 3 is 2.31 bits per heavy atom. The molecule has 184 valence electrons. The van der Waals surface area contributed by atoms with Crippen LogP contribution in [0.4, 0.5) is 4.39 Å². The summed E-state index contributed by atoms with van der Waals surface area (Å²) in [6.45, 7) is 6.72.